The van der Waals surface area contributed by atoms with Crippen LogP contribution in [-0.4, -0.2) is 148 Å². The monoisotopic (exact) mass is 1130 g/mol. The molecular formula is C57H61ClFN13O7S. The number of thiophene rings is 1. The summed E-state index contributed by atoms with van der Waals surface area (Å²) in [6, 6.07) is 15.6. The lowest BCUT2D eigenvalue weighted by molar-refractivity contribution is -0.146. The normalized spacial score (nSPS) is 18.0. The molecule has 20 nitrogen and oxygen atoms in total. The van der Waals surface area contributed by atoms with E-state index in [4.69, 9.17) is 26.8 Å². The molecular weight excluding hydrogens is 1070 g/mol. The highest BCUT2D eigenvalue weighted by Gasteiger charge is 2.39. The largest absolute Gasteiger partial charge is 0.480 e. The van der Waals surface area contributed by atoms with E-state index in [0.29, 0.717) is 128 Å². The van der Waals surface area contributed by atoms with E-state index in [1.165, 1.54) is 10.7 Å². The van der Waals surface area contributed by atoms with Crippen LogP contribution in [0.15, 0.2) is 65.8 Å². The fourth-order valence-electron chi connectivity index (χ4n) is 11.9. The van der Waals surface area contributed by atoms with Gasteiger partial charge in [0.1, 0.15) is 35.8 Å². The van der Waals surface area contributed by atoms with E-state index in [-0.39, 0.29) is 48.4 Å². The molecule has 3 N–H and O–H groups in total. The summed E-state index contributed by atoms with van der Waals surface area (Å²) in [5.74, 6) is -2.41. The zero-order valence-electron chi connectivity index (χ0n) is 44.9. The van der Waals surface area contributed by atoms with Crippen molar-refractivity contribution in [2.45, 2.75) is 84.2 Å². The minimum Gasteiger partial charge on any atom is -0.480 e. The average molecular weight is 1130 g/mol. The number of aliphatic imine (C=N–C) groups is 1. The van der Waals surface area contributed by atoms with E-state index in [2.05, 4.69) is 39.8 Å². The Morgan fingerprint density at radius 3 is 2.27 bits per heavy atom. The topological polar surface area (TPSA) is 235 Å². The highest BCUT2D eigenvalue weighted by Crippen LogP contribution is 2.42. The number of fused-ring (bicyclic) bond motifs is 5. The number of hydrogen-bond donors (Lipinski definition) is 3. The quantitative estimate of drug-likeness (QED) is 0.114. The molecule has 7 aromatic rings. The van der Waals surface area contributed by atoms with Crippen molar-refractivity contribution in [3.63, 3.8) is 0 Å². The number of carboxylic acids is 1. The molecule has 23 heteroatoms. The van der Waals surface area contributed by atoms with Crippen molar-refractivity contribution < 1.29 is 38.3 Å². The lowest BCUT2D eigenvalue weighted by Crippen LogP contribution is -2.51. The molecule has 3 saturated heterocycles. The highest BCUT2D eigenvalue weighted by molar-refractivity contribution is 7.15. The first kappa shape index (κ1) is 54.1. The Bertz CT molecular complexity index is 3650. The second kappa shape index (κ2) is 22.4. The molecule has 0 saturated carbocycles. The Morgan fingerprint density at radius 1 is 0.800 bits per heavy atom. The molecule has 1 unspecified atom stereocenters. The van der Waals surface area contributed by atoms with E-state index in [0.717, 1.165) is 37.8 Å². The maximum Gasteiger partial charge on any atom is 0.322 e. The van der Waals surface area contributed by atoms with Crippen molar-refractivity contribution in [2.75, 3.05) is 52.4 Å². The molecule has 4 aliphatic heterocycles. The van der Waals surface area contributed by atoms with Crippen LogP contribution in [-0.2, 0) is 42.4 Å². The number of carboxylic acid groups (broad SMARTS) is 1. The Balaban J connectivity index is 0.738. The van der Waals surface area contributed by atoms with Gasteiger partial charge in [-0.3, -0.25) is 47.7 Å². The van der Waals surface area contributed by atoms with Crippen molar-refractivity contribution in [1.82, 2.24) is 59.7 Å². The minimum atomic E-state index is -1.21. The van der Waals surface area contributed by atoms with Gasteiger partial charge in [-0.25, -0.2) is 4.39 Å². The second-order valence-electron chi connectivity index (χ2n) is 21.3. The first-order chi connectivity index (χ1) is 38.5. The number of halogens is 2. The fraction of sp³-hybridized carbons (Fsp3) is 0.421. The molecule has 8 heterocycles. The van der Waals surface area contributed by atoms with E-state index in [9.17, 15) is 28.8 Å². The van der Waals surface area contributed by atoms with Gasteiger partial charge in [0.2, 0.25) is 29.5 Å². The van der Waals surface area contributed by atoms with Gasteiger partial charge in [0, 0.05) is 95.5 Å². The van der Waals surface area contributed by atoms with Gasteiger partial charge in [-0.2, -0.15) is 10.2 Å². The van der Waals surface area contributed by atoms with Gasteiger partial charge in [0.15, 0.2) is 5.82 Å². The molecule has 3 aromatic carbocycles. The molecule has 11 rings (SSSR count). The van der Waals surface area contributed by atoms with Gasteiger partial charge in [-0.05, 0) is 101 Å². The van der Waals surface area contributed by atoms with Gasteiger partial charge < -0.3 is 30.4 Å². The zero-order chi connectivity index (χ0) is 56.1. The molecule has 4 aromatic heterocycles. The molecule has 0 aliphatic carbocycles. The molecule has 416 valence electrons. The number of amides is 5. The van der Waals surface area contributed by atoms with Crippen LogP contribution in [0.1, 0.15) is 95.8 Å². The summed E-state index contributed by atoms with van der Waals surface area (Å²) in [5, 5.41) is 34.9. The summed E-state index contributed by atoms with van der Waals surface area (Å²) in [6.07, 6.45) is 5.15. The maximum atomic E-state index is 16.1. The van der Waals surface area contributed by atoms with Crippen molar-refractivity contribution in [1.29, 1.82) is 0 Å². The summed E-state index contributed by atoms with van der Waals surface area (Å²) >= 11 is 7.96. The van der Waals surface area contributed by atoms with Crippen LogP contribution < -0.4 is 10.6 Å². The van der Waals surface area contributed by atoms with Gasteiger partial charge in [-0.1, -0.05) is 35.9 Å². The number of nitrogens with one attached hydrogen (secondary N) is 2. The molecule has 2 atom stereocenters. The number of likely N-dealkylation sites (tertiary alicyclic amines) is 3. The number of nitrogens with zero attached hydrogens (tertiary/aromatic N) is 11. The lowest BCUT2D eigenvalue weighted by Gasteiger charge is -2.40. The number of aliphatic carboxylic acids is 1. The number of carbonyl (C=O) groups is 6. The highest BCUT2D eigenvalue weighted by atomic mass is 35.5. The number of aryl methyl sites for hydroxylation is 3. The third kappa shape index (κ3) is 10.6. The van der Waals surface area contributed by atoms with Crippen LogP contribution >= 0.6 is 22.9 Å². The van der Waals surface area contributed by atoms with E-state index in [1.54, 1.807) is 41.4 Å². The second-order valence-corrected chi connectivity index (χ2v) is 23.0. The summed E-state index contributed by atoms with van der Waals surface area (Å²) in [7, 11) is 1.78. The van der Waals surface area contributed by atoms with Gasteiger partial charge in [-0.15, -0.1) is 21.5 Å². The van der Waals surface area contributed by atoms with Gasteiger partial charge in [0.05, 0.1) is 47.5 Å². The number of hydrogen-bond acceptors (Lipinski definition) is 12. The number of benzene rings is 3. The summed E-state index contributed by atoms with van der Waals surface area (Å²) in [6.45, 7) is 7.38. The SMILES string of the molecule is Cc1sc2c(c1C)C(c1ccc(Cl)cc1)=N[C@@H](CC(=O)N1CCC(C(=O)N3CCCC(C(=O)N4CCC(c5nn(CC(=O)NCC(=O)NCC(=O)O)c6cccc(-c7cc8c(cnn8C)cc7F)c56)CC4)C3)CC1)c1nnc(C)n1-2. The van der Waals surface area contributed by atoms with E-state index in [1.807, 2.05) is 62.6 Å². The molecule has 0 bridgehead atoms. The van der Waals surface area contributed by atoms with Crippen LogP contribution in [0.2, 0.25) is 5.02 Å². The predicted molar refractivity (Wildman–Crippen MR) is 298 cm³/mol. The predicted octanol–water partition coefficient (Wildman–Crippen LogP) is 6.43. The van der Waals surface area contributed by atoms with Gasteiger partial charge in [0.25, 0.3) is 0 Å². The van der Waals surface area contributed by atoms with Gasteiger partial charge >= 0.3 is 5.97 Å². The fourth-order valence-corrected chi connectivity index (χ4v) is 13.3. The summed E-state index contributed by atoms with van der Waals surface area (Å²) in [4.78, 5) is 91.3. The van der Waals surface area contributed by atoms with Crippen LogP contribution in [0, 0.1) is 38.4 Å². The smallest absolute Gasteiger partial charge is 0.322 e. The Morgan fingerprint density at radius 2 is 1.52 bits per heavy atom. The Kier molecular flexibility index (Phi) is 15.1. The molecule has 80 heavy (non-hydrogen) atoms. The molecule has 0 spiro atoms. The summed E-state index contributed by atoms with van der Waals surface area (Å²) in [5.41, 5.74) is 6.65. The van der Waals surface area contributed by atoms with Crippen molar-refractivity contribution >= 4 is 86.0 Å². The standard InChI is InChI=1S/C57H61ClFN13O7S/c1-31-32(2)80-57-50(31)52(34-10-12-39(58)13-11-34)63-43(54-65-64-33(3)72(54)57)25-48(75)68-19-16-36(17-20-68)55(78)70-18-6-7-37(29-70)56(79)69-21-14-35(15-22-69)53-51-40(41-24-45-38(23-42(41)59)26-62-67(45)4)8-5-9-44(51)71(66-53)30-47(74)60-27-46(73)61-28-49(76)77/h5,8-13,23-24,26,35-37,43H,6-7,14-22,25,27-30H2,1-4H3,(H,60,74)(H,61,73)(H,76,77)/t37?,43-/m0/s1. The third-order valence-corrected chi connectivity index (χ3v) is 17.7. The Hall–Kier alpha value is -7.85. The molecule has 5 amide bonds. The minimum absolute atomic E-state index is 0.000172. The van der Waals surface area contributed by atoms with Crippen LogP contribution in [0.3, 0.4) is 0 Å². The van der Waals surface area contributed by atoms with E-state index < -0.39 is 42.7 Å². The van der Waals surface area contributed by atoms with Crippen molar-refractivity contribution in [3.8, 4) is 16.1 Å². The van der Waals surface area contributed by atoms with E-state index >= 15 is 4.39 Å². The number of piperidine rings is 3. The Labute approximate surface area is 469 Å². The average Bonchev–Trinajstić information content (AvgIpc) is 4.08. The van der Waals surface area contributed by atoms with Crippen LogP contribution in [0.25, 0.3) is 37.9 Å². The molecule has 4 aliphatic rings. The van der Waals surface area contributed by atoms with Crippen molar-refractivity contribution in [3.05, 3.63) is 111 Å². The number of carbonyl (C=O) groups excluding carboxylic acids is 5. The van der Waals surface area contributed by atoms with Crippen LogP contribution in [0.5, 0.6) is 0 Å². The number of rotatable bonds is 13. The maximum absolute atomic E-state index is 16.1. The lowest BCUT2D eigenvalue weighted by atomic mass is 9.87. The first-order valence-electron chi connectivity index (χ1n) is 27.1. The van der Waals surface area contributed by atoms with Crippen molar-refractivity contribution in [2.24, 2.45) is 23.9 Å². The number of aromatic nitrogens is 7. The first-order valence-corrected chi connectivity index (χ1v) is 28.3. The summed E-state index contributed by atoms with van der Waals surface area (Å²) < 4.78 is 21.3. The third-order valence-electron chi connectivity index (χ3n) is 16.3. The van der Waals surface area contributed by atoms with Crippen LogP contribution in [0.4, 0.5) is 4.39 Å². The zero-order valence-corrected chi connectivity index (χ0v) is 46.4. The molecule has 0 radical (unpaired) electrons. The molecule has 3 fully saturated rings.